The Balaban J connectivity index is 1.63. The number of ether oxygens (including phenoxy) is 1. The van der Waals surface area contributed by atoms with Gasteiger partial charge in [0.15, 0.2) is 5.82 Å². The minimum Gasteiger partial charge on any atom is -0.494 e. The average Bonchev–Trinajstić information content (AvgIpc) is 3.10. The van der Waals surface area contributed by atoms with E-state index in [9.17, 15) is 13.6 Å². The molecule has 3 aromatic rings. The fourth-order valence-electron chi connectivity index (χ4n) is 2.64. The second-order valence-corrected chi connectivity index (χ2v) is 6.19. The third-order valence-electron chi connectivity index (χ3n) is 4.09. The van der Waals surface area contributed by atoms with Crippen LogP contribution in [0.2, 0.25) is 0 Å². The van der Waals surface area contributed by atoms with Crippen LogP contribution in [0.15, 0.2) is 42.5 Å². The highest BCUT2D eigenvalue weighted by Gasteiger charge is 2.14. The second-order valence-electron chi connectivity index (χ2n) is 6.19. The van der Waals surface area contributed by atoms with Crippen molar-refractivity contribution in [1.29, 1.82) is 0 Å². The number of nitrogens with one attached hydrogen (secondary N) is 2. The zero-order chi connectivity index (χ0) is 19.2. The first kappa shape index (κ1) is 18.8. The maximum atomic E-state index is 12.7. The lowest BCUT2D eigenvalue weighted by Gasteiger charge is -2.09. The normalized spacial score (nSPS) is 11.1. The van der Waals surface area contributed by atoms with Crippen molar-refractivity contribution >= 4 is 16.9 Å². The number of alkyl halides is 2. The lowest BCUT2D eigenvalue weighted by molar-refractivity contribution is 0.0951. The summed E-state index contributed by atoms with van der Waals surface area (Å²) in [7, 11) is 0. The molecule has 5 nitrogen and oxygen atoms in total. The van der Waals surface area contributed by atoms with Crippen LogP contribution in [-0.2, 0) is 6.54 Å². The van der Waals surface area contributed by atoms with Crippen molar-refractivity contribution < 1.29 is 18.3 Å². The SMILES string of the molecule is CCCCOc1cccc(CNC(=O)c2ccc3nc(C(F)F)[nH]c3c2)c1. The lowest BCUT2D eigenvalue weighted by Crippen LogP contribution is -2.22. The quantitative estimate of drug-likeness (QED) is 0.567. The topological polar surface area (TPSA) is 67.0 Å². The zero-order valence-corrected chi connectivity index (χ0v) is 15.0. The number of aromatic amines is 1. The molecular formula is C20H21F2N3O2. The summed E-state index contributed by atoms with van der Waals surface area (Å²) in [6.45, 7) is 3.11. The number of benzene rings is 2. The van der Waals surface area contributed by atoms with Crippen LogP contribution < -0.4 is 10.1 Å². The number of aromatic nitrogens is 2. The molecule has 1 heterocycles. The van der Waals surface area contributed by atoms with Crippen molar-refractivity contribution in [3.05, 3.63) is 59.4 Å². The molecule has 0 saturated heterocycles. The van der Waals surface area contributed by atoms with E-state index >= 15 is 0 Å². The van der Waals surface area contributed by atoms with Crippen molar-refractivity contribution in [3.8, 4) is 5.75 Å². The summed E-state index contributed by atoms with van der Waals surface area (Å²) in [5.41, 5.74) is 2.10. The molecule has 0 radical (unpaired) electrons. The Morgan fingerprint density at radius 1 is 1.26 bits per heavy atom. The summed E-state index contributed by atoms with van der Waals surface area (Å²) in [5, 5.41) is 2.83. The molecule has 2 N–H and O–H groups in total. The number of carbonyl (C=O) groups excluding carboxylic acids is 1. The minimum atomic E-state index is -2.68. The molecule has 0 aliphatic heterocycles. The third kappa shape index (κ3) is 4.81. The predicted molar refractivity (Wildman–Crippen MR) is 99.1 cm³/mol. The first-order valence-corrected chi connectivity index (χ1v) is 8.84. The molecule has 0 unspecified atom stereocenters. The van der Waals surface area contributed by atoms with Gasteiger partial charge in [-0.3, -0.25) is 4.79 Å². The molecule has 0 saturated carbocycles. The molecule has 27 heavy (non-hydrogen) atoms. The highest BCUT2D eigenvalue weighted by Crippen LogP contribution is 2.21. The molecule has 0 bridgehead atoms. The van der Waals surface area contributed by atoms with E-state index in [1.165, 1.54) is 6.07 Å². The molecule has 0 spiro atoms. The van der Waals surface area contributed by atoms with Gasteiger partial charge in [-0.25, -0.2) is 13.8 Å². The van der Waals surface area contributed by atoms with Crippen LogP contribution in [0.5, 0.6) is 5.75 Å². The number of hydrogen-bond donors (Lipinski definition) is 2. The Morgan fingerprint density at radius 3 is 2.89 bits per heavy atom. The van der Waals surface area contributed by atoms with Crippen LogP contribution in [0, 0.1) is 0 Å². The molecule has 7 heteroatoms. The largest absolute Gasteiger partial charge is 0.494 e. The van der Waals surface area contributed by atoms with E-state index < -0.39 is 12.2 Å². The highest BCUT2D eigenvalue weighted by atomic mass is 19.3. The molecule has 0 aliphatic carbocycles. The molecule has 0 fully saturated rings. The maximum Gasteiger partial charge on any atom is 0.295 e. The molecule has 3 rings (SSSR count). The Kier molecular flexibility index (Phi) is 6.01. The van der Waals surface area contributed by atoms with Crippen molar-refractivity contribution in [2.75, 3.05) is 6.61 Å². The Bertz CT molecular complexity index is 924. The Labute approximate surface area is 155 Å². The Morgan fingerprint density at radius 2 is 2.11 bits per heavy atom. The summed E-state index contributed by atoms with van der Waals surface area (Å²) in [6.07, 6.45) is -0.624. The van der Waals surface area contributed by atoms with Crippen LogP contribution in [0.4, 0.5) is 8.78 Å². The standard InChI is InChI=1S/C20H21F2N3O2/c1-2-3-9-27-15-6-4-5-13(10-15)12-23-20(26)14-7-8-16-17(11-14)25-19(24-16)18(21)22/h4-8,10-11,18H,2-3,9,12H2,1H3,(H,23,26)(H,24,25). The van der Waals surface area contributed by atoms with E-state index in [1.54, 1.807) is 12.1 Å². The van der Waals surface area contributed by atoms with Crippen molar-refractivity contribution in [1.82, 2.24) is 15.3 Å². The van der Waals surface area contributed by atoms with Gasteiger partial charge in [-0.15, -0.1) is 0 Å². The van der Waals surface area contributed by atoms with E-state index in [-0.39, 0.29) is 5.91 Å². The first-order valence-electron chi connectivity index (χ1n) is 8.84. The molecule has 142 valence electrons. The number of nitrogens with zero attached hydrogens (tertiary/aromatic N) is 1. The number of amides is 1. The van der Waals surface area contributed by atoms with Gasteiger partial charge in [0, 0.05) is 12.1 Å². The van der Waals surface area contributed by atoms with Crippen LogP contribution in [0.1, 0.15) is 47.9 Å². The number of carbonyl (C=O) groups is 1. The van der Waals surface area contributed by atoms with Gasteiger partial charge < -0.3 is 15.0 Å². The summed E-state index contributed by atoms with van der Waals surface area (Å²) in [6, 6.07) is 12.2. The summed E-state index contributed by atoms with van der Waals surface area (Å²) in [4.78, 5) is 18.7. The molecule has 1 aromatic heterocycles. The van der Waals surface area contributed by atoms with E-state index in [2.05, 4.69) is 22.2 Å². The summed E-state index contributed by atoms with van der Waals surface area (Å²) >= 11 is 0. The number of fused-ring (bicyclic) bond motifs is 1. The van der Waals surface area contributed by atoms with E-state index in [1.807, 2.05) is 24.3 Å². The van der Waals surface area contributed by atoms with Crippen LogP contribution in [0.25, 0.3) is 11.0 Å². The van der Waals surface area contributed by atoms with Gasteiger partial charge >= 0.3 is 0 Å². The van der Waals surface area contributed by atoms with E-state index in [0.29, 0.717) is 29.7 Å². The Hall–Kier alpha value is -2.96. The average molecular weight is 373 g/mol. The van der Waals surface area contributed by atoms with Gasteiger partial charge in [-0.2, -0.15) is 0 Å². The van der Waals surface area contributed by atoms with Gasteiger partial charge in [0.25, 0.3) is 12.3 Å². The van der Waals surface area contributed by atoms with Crippen LogP contribution in [0.3, 0.4) is 0 Å². The fourth-order valence-corrected chi connectivity index (χ4v) is 2.64. The number of H-pyrrole nitrogens is 1. The number of unbranched alkanes of at least 4 members (excludes halogenated alkanes) is 1. The molecular weight excluding hydrogens is 352 g/mol. The number of imidazole rings is 1. The smallest absolute Gasteiger partial charge is 0.295 e. The van der Waals surface area contributed by atoms with Gasteiger partial charge in [0.1, 0.15) is 5.75 Å². The molecule has 0 atom stereocenters. The number of halogens is 2. The van der Waals surface area contributed by atoms with Gasteiger partial charge in [0.05, 0.1) is 17.6 Å². The van der Waals surface area contributed by atoms with Gasteiger partial charge in [0.2, 0.25) is 0 Å². The third-order valence-corrected chi connectivity index (χ3v) is 4.09. The highest BCUT2D eigenvalue weighted by molar-refractivity contribution is 5.97. The van der Waals surface area contributed by atoms with E-state index in [4.69, 9.17) is 4.74 Å². The van der Waals surface area contributed by atoms with Crippen LogP contribution in [-0.4, -0.2) is 22.5 Å². The first-order chi connectivity index (χ1) is 13.1. The van der Waals surface area contributed by atoms with Crippen molar-refractivity contribution in [2.24, 2.45) is 0 Å². The fraction of sp³-hybridized carbons (Fsp3) is 0.300. The number of rotatable bonds is 8. The molecule has 0 aliphatic rings. The molecule has 1 amide bonds. The van der Waals surface area contributed by atoms with Crippen molar-refractivity contribution in [3.63, 3.8) is 0 Å². The second kappa shape index (κ2) is 8.62. The number of hydrogen-bond acceptors (Lipinski definition) is 3. The van der Waals surface area contributed by atoms with E-state index in [0.717, 1.165) is 24.2 Å². The maximum absolute atomic E-state index is 12.7. The van der Waals surface area contributed by atoms with Gasteiger partial charge in [-0.1, -0.05) is 25.5 Å². The monoisotopic (exact) mass is 373 g/mol. The van der Waals surface area contributed by atoms with Crippen molar-refractivity contribution in [2.45, 2.75) is 32.7 Å². The summed E-state index contributed by atoms with van der Waals surface area (Å²) in [5.74, 6) is 0.0819. The predicted octanol–water partition coefficient (Wildman–Crippen LogP) is 4.61. The summed E-state index contributed by atoms with van der Waals surface area (Å²) < 4.78 is 31.1. The lowest BCUT2D eigenvalue weighted by atomic mass is 10.1. The minimum absolute atomic E-state index is 0.289. The van der Waals surface area contributed by atoms with Gasteiger partial charge in [-0.05, 0) is 42.3 Å². The molecule has 2 aromatic carbocycles. The zero-order valence-electron chi connectivity index (χ0n) is 15.0. The van der Waals surface area contributed by atoms with Crippen LogP contribution >= 0.6 is 0 Å².